The zero-order chi connectivity index (χ0) is 16.4. The summed E-state index contributed by atoms with van der Waals surface area (Å²) in [6.07, 6.45) is 6.38. The number of aromatic nitrogens is 1. The third kappa shape index (κ3) is 3.21. The highest BCUT2D eigenvalue weighted by Gasteiger charge is 2.21. The minimum atomic E-state index is -0.338. The summed E-state index contributed by atoms with van der Waals surface area (Å²) < 4.78 is 13.7. The van der Waals surface area contributed by atoms with Gasteiger partial charge in [0.1, 0.15) is 5.82 Å². The van der Waals surface area contributed by atoms with Gasteiger partial charge < -0.3 is 5.32 Å². The molecule has 1 aliphatic carbocycles. The Kier molecular flexibility index (Phi) is 4.60. The Morgan fingerprint density at radius 1 is 1.30 bits per heavy atom. The fraction of sp³-hybridized carbons (Fsp3) is 0.474. The maximum absolute atomic E-state index is 13.7. The van der Waals surface area contributed by atoms with Crippen molar-refractivity contribution in [2.75, 3.05) is 0 Å². The maximum atomic E-state index is 13.7. The number of aryl methyl sites for hydroxylation is 1. The first-order chi connectivity index (χ1) is 11.1. The molecule has 1 heterocycles. The van der Waals surface area contributed by atoms with Crippen LogP contribution in [0.4, 0.5) is 4.39 Å². The lowest BCUT2D eigenvalue weighted by molar-refractivity contribution is 0.0928. The third-order valence-corrected chi connectivity index (χ3v) is 4.79. The van der Waals surface area contributed by atoms with Crippen molar-refractivity contribution in [1.29, 1.82) is 0 Å². The van der Waals surface area contributed by atoms with Gasteiger partial charge in [-0.2, -0.15) is 0 Å². The minimum absolute atomic E-state index is 0.0953. The van der Waals surface area contributed by atoms with E-state index in [1.807, 2.05) is 13.8 Å². The topological polar surface area (TPSA) is 42.0 Å². The van der Waals surface area contributed by atoms with Crippen LogP contribution in [0.1, 0.15) is 60.6 Å². The number of fused-ring (bicyclic) bond motifs is 1. The van der Waals surface area contributed by atoms with Crippen LogP contribution in [0.5, 0.6) is 0 Å². The molecule has 1 amide bonds. The number of nitrogens with one attached hydrogen (secondary N) is 1. The summed E-state index contributed by atoms with van der Waals surface area (Å²) in [4.78, 5) is 17.4. The summed E-state index contributed by atoms with van der Waals surface area (Å²) in [6.45, 7) is 3.93. The number of nitrogens with zero attached hydrogens (tertiary/aromatic N) is 1. The van der Waals surface area contributed by atoms with Crippen LogP contribution >= 0.6 is 0 Å². The molecular weight excluding hydrogens is 291 g/mol. The molecule has 1 aromatic heterocycles. The van der Waals surface area contributed by atoms with E-state index in [0.717, 1.165) is 43.4 Å². The highest BCUT2D eigenvalue weighted by Crippen LogP contribution is 2.25. The molecular formula is C19H23FN2O. The van der Waals surface area contributed by atoms with Crippen LogP contribution in [0.25, 0.3) is 10.9 Å². The number of benzene rings is 1. The summed E-state index contributed by atoms with van der Waals surface area (Å²) in [7, 11) is 0. The third-order valence-electron chi connectivity index (χ3n) is 4.79. The molecule has 1 N–H and O–H groups in total. The van der Waals surface area contributed by atoms with E-state index < -0.39 is 0 Å². The number of halogens is 1. The highest BCUT2D eigenvalue weighted by molar-refractivity contribution is 6.07. The van der Waals surface area contributed by atoms with Gasteiger partial charge >= 0.3 is 0 Å². The van der Waals surface area contributed by atoms with Gasteiger partial charge in [-0.05, 0) is 49.9 Å². The molecule has 0 unspecified atom stereocenters. The average molecular weight is 314 g/mol. The van der Waals surface area contributed by atoms with E-state index in [0.29, 0.717) is 16.5 Å². The number of hydrogen-bond donors (Lipinski definition) is 1. The van der Waals surface area contributed by atoms with E-state index in [2.05, 4.69) is 10.3 Å². The Morgan fingerprint density at radius 3 is 2.74 bits per heavy atom. The van der Waals surface area contributed by atoms with E-state index in [-0.39, 0.29) is 17.8 Å². The maximum Gasteiger partial charge on any atom is 0.252 e. The standard InChI is InChI=1S/C19H23FN2O/c1-3-16-12(2)18(15-11-13(20)9-10-17(15)22-16)19(23)21-14-7-5-4-6-8-14/h9-11,14H,3-8H2,1-2H3,(H,21,23). The molecule has 1 aliphatic rings. The van der Waals surface area contributed by atoms with Crippen molar-refractivity contribution in [3.8, 4) is 0 Å². The van der Waals surface area contributed by atoms with Crippen molar-refractivity contribution >= 4 is 16.8 Å². The SMILES string of the molecule is CCc1nc2ccc(F)cc2c(C(=O)NC2CCCCC2)c1C. The molecule has 2 aromatic rings. The molecule has 1 saturated carbocycles. The number of amides is 1. The number of carbonyl (C=O) groups excluding carboxylic acids is 1. The van der Waals surface area contributed by atoms with Crippen LogP contribution in [-0.2, 0) is 6.42 Å². The molecule has 0 bridgehead atoms. The summed E-state index contributed by atoms with van der Waals surface area (Å²) >= 11 is 0. The Morgan fingerprint density at radius 2 is 2.04 bits per heavy atom. The minimum Gasteiger partial charge on any atom is -0.349 e. The molecule has 0 saturated heterocycles. The number of hydrogen-bond acceptors (Lipinski definition) is 2. The zero-order valence-corrected chi connectivity index (χ0v) is 13.8. The molecule has 1 aromatic carbocycles. The Labute approximate surface area is 136 Å². The lowest BCUT2D eigenvalue weighted by Crippen LogP contribution is -2.36. The van der Waals surface area contributed by atoms with Gasteiger partial charge in [0, 0.05) is 17.1 Å². The first-order valence-electron chi connectivity index (χ1n) is 8.49. The van der Waals surface area contributed by atoms with Gasteiger partial charge in [0.15, 0.2) is 0 Å². The van der Waals surface area contributed by atoms with E-state index >= 15 is 0 Å². The predicted octanol–water partition coefficient (Wildman–Crippen LogP) is 4.31. The second kappa shape index (κ2) is 6.65. The smallest absolute Gasteiger partial charge is 0.252 e. The molecule has 122 valence electrons. The fourth-order valence-electron chi connectivity index (χ4n) is 3.52. The van der Waals surface area contributed by atoms with Gasteiger partial charge in [0.05, 0.1) is 11.1 Å². The van der Waals surface area contributed by atoms with Crippen molar-refractivity contribution in [2.24, 2.45) is 0 Å². The molecule has 0 aliphatic heterocycles. The average Bonchev–Trinajstić information content (AvgIpc) is 2.55. The van der Waals surface area contributed by atoms with Crippen LogP contribution in [0, 0.1) is 12.7 Å². The van der Waals surface area contributed by atoms with Gasteiger partial charge in [0.2, 0.25) is 0 Å². The van der Waals surface area contributed by atoms with Gasteiger partial charge in [-0.3, -0.25) is 9.78 Å². The van der Waals surface area contributed by atoms with E-state index in [4.69, 9.17) is 0 Å². The van der Waals surface area contributed by atoms with Gasteiger partial charge in [-0.1, -0.05) is 26.2 Å². The van der Waals surface area contributed by atoms with Crippen LogP contribution in [-0.4, -0.2) is 16.9 Å². The Bertz CT molecular complexity index is 736. The molecule has 0 radical (unpaired) electrons. The van der Waals surface area contributed by atoms with Crippen LogP contribution < -0.4 is 5.32 Å². The predicted molar refractivity (Wildman–Crippen MR) is 90.2 cm³/mol. The van der Waals surface area contributed by atoms with Gasteiger partial charge in [-0.25, -0.2) is 4.39 Å². The lowest BCUT2D eigenvalue weighted by atomic mass is 9.94. The van der Waals surface area contributed by atoms with Crippen molar-refractivity contribution in [3.05, 3.63) is 40.8 Å². The van der Waals surface area contributed by atoms with Gasteiger partial charge in [0.25, 0.3) is 5.91 Å². The summed E-state index contributed by atoms with van der Waals surface area (Å²) in [6, 6.07) is 4.70. The van der Waals surface area contributed by atoms with Crippen LogP contribution in [0.15, 0.2) is 18.2 Å². The van der Waals surface area contributed by atoms with Crippen molar-refractivity contribution in [2.45, 2.75) is 58.4 Å². The molecule has 3 rings (SSSR count). The Hall–Kier alpha value is -1.97. The normalized spacial score (nSPS) is 15.8. The van der Waals surface area contributed by atoms with Crippen LogP contribution in [0.3, 0.4) is 0 Å². The molecule has 23 heavy (non-hydrogen) atoms. The number of carbonyl (C=O) groups is 1. The van der Waals surface area contributed by atoms with E-state index in [9.17, 15) is 9.18 Å². The lowest BCUT2D eigenvalue weighted by Gasteiger charge is -2.24. The molecule has 4 heteroatoms. The number of pyridine rings is 1. The van der Waals surface area contributed by atoms with E-state index in [1.54, 1.807) is 6.07 Å². The largest absolute Gasteiger partial charge is 0.349 e. The second-order valence-corrected chi connectivity index (χ2v) is 6.38. The zero-order valence-electron chi connectivity index (χ0n) is 13.8. The summed E-state index contributed by atoms with van der Waals surface area (Å²) in [5.74, 6) is -0.434. The van der Waals surface area contributed by atoms with Gasteiger partial charge in [-0.15, -0.1) is 0 Å². The van der Waals surface area contributed by atoms with Crippen LogP contribution in [0.2, 0.25) is 0 Å². The van der Waals surface area contributed by atoms with Crippen molar-refractivity contribution < 1.29 is 9.18 Å². The Balaban J connectivity index is 2.04. The van der Waals surface area contributed by atoms with Crippen molar-refractivity contribution in [1.82, 2.24) is 10.3 Å². The first-order valence-corrected chi connectivity index (χ1v) is 8.49. The number of rotatable bonds is 3. The quantitative estimate of drug-likeness (QED) is 0.917. The monoisotopic (exact) mass is 314 g/mol. The second-order valence-electron chi connectivity index (χ2n) is 6.38. The summed E-state index contributed by atoms with van der Waals surface area (Å²) in [5.41, 5.74) is 3.02. The molecule has 1 fully saturated rings. The highest BCUT2D eigenvalue weighted by atomic mass is 19.1. The molecule has 0 atom stereocenters. The molecule has 0 spiro atoms. The van der Waals surface area contributed by atoms with Crippen molar-refractivity contribution in [3.63, 3.8) is 0 Å². The first kappa shape index (κ1) is 15.9. The fourth-order valence-corrected chi connectivity index (χ4v) is 3.52. The van der Waals surface area contributed by atoms with E-state index in [1.165, 1.54) is 18.6 Å². The summed E-state index contributed by atoms with van der Waals surface area (Å²) in [5, 5.41) is 3.75. The molecule has 3 nitrogen and oxygen atoms in total.